The van der Waals surface area contributed by atoms with E-state index in [0.29, 0.717) is 21.9 Å². The Morgan fingerprint density at radius 3 is 2.80 bits per heavy atom. The van der Waals surface area contributed by atoms with Gasteiger partial charge in [0, 0.05) is 5.56 Å². The maximum Gasteiger partial charge on any atom is 0.267 e. The average molecular weight is 307 g/mol. The molecule has 1 heterocycles. The van der Waals surface area contributed by atoms with E-state index >= 15 is 0 Å². The zero-order valence-corrected chi connectivity index (χ0v) is 12.6. The van der Waals surface area contributed by atoms with Crippen LogP contribution in [0, 0.1) is 6.92 Å². The fourth-order valence-corrected chi connectivity index (χ4v) is 2.40. The molecule has 0 fully saturated rings. The van der Waals surface area contributed by atoms with Gasteiger partial charge in [0.25, 0.3) is 5.91 Å². The van der Waals surface area contributed by atoms with Crippen LogP contribution in [-0.4, -0.2) is 23.0 Å². The summed E-state index contributed by atoms with van der Waals surface area (Å²) < 4.78 is 5.24. The first-order chi connectivity index (χ1) is 9.51. The molecule has 7 heteroatoms. The van der Waals surface area contributed by atoms with E-state index in [9.17, 15) is 4.79 Å². The van der Waals surface area contributed by atoms with Gasteiger partial charge in [0.15, 0.2) is 0 Å². The Balaban J connectivity index is 2.25. The molecule has 5 nitrogen and oxygen atoms in total. The molecule has 1 amide bonds. The summed E-state index contributed by atoms with van der Waals surface area (Å²) >= 11 is 6.24. The minimum atomic E-state index is -0.225. The Morgan fingerprint density at radius 2 is 2.25 bits per heavy atom. The molecule has 0 saturated carbocycles. The van der Waals surface area contributed by atoms with Crippen LogP contribution in [-0.2, 0) is 0 Å². The number of benzene rings is 1. The van der Waals surface area contributed by atoms with Gasteiger partial charge in [-0.15, -0.1) is 11.3 Å². The van der Waals surface area contributed by atoms with Crippen molar-refractivity contribution in [1.29, 1.82) is 0 Å². The van der Waals surface area contributed by atoms with E-state index in [-0.39, 0.29) is 10.9 Å². The number of carbonyl (C=O) groups excluding carboxylic acids is 1. The van der Waals surface area contributed by atoms with Gasteiger partial charge in [-0.2, -0.15) is 0 Å². The quantitative estimate of drug-likeness (QED) is 0.848. The highest BCUT2D eigenvalue weighted by molar-refractivity contribution is 7.80. The smallest absolute Gasteiger partial charge is 0.267 e. The van der Waals surface area contributed by atoms with Gasteiger partial charge in [0.2, 0.25) is 0 Å². The summed E-state index contributed by atoms with van der Waals surface area (Å²) in [6, 6.07) is 5.13. The molecule has 0 radical (unpaired) electrons. The van der Waals surface area contributed by atoms with Crippen LogP contribution in [0.25, 0.3) is 0 Å². The van der Waals surface area contributed by atoms with E-state index in [0.717, 1.165) is 5.01 Å². The summed E-state index contributed by atoms with van der Waals surface area (Å²) in [5, 5.41) is 3.62. The van der Waals surface area contributed by atoms with Gasteiger partial charge in [-0.05, 0) is 25.1 Å². The Labute approximate surface area is 125 Å². The third-order valence-electron chi connectivity index (χ3n) is 2.58. The van der Waals surface area contributed by atoms with Crippen molar-refractivity contribution in [1.82, 2.24) is 4.98 Å². The molecule has 1 aromatic carbocycles. The number of aryl methyl sites for hydroxylation is 1. The number of hydrogen-bond acceptors (Lipinski definition) is 5. The molecular weight excluding hydrogens is 294 g/mol. The van der Waals surface area contributed by atoms with Crippen molar-refractivity contribution in [2.45, 2.75) is 6.92 Å². The molecule has 0 aliphatic heterocycles. The number of rotatable bonds is 4. The van der Waals surface area contributed by atoms with Crippen LogP contribution >= 0.6 is 23.6 Å². The number of thiocarbonyl (C=S) groups is 1. The third-order valence-corrected chi connectivity index (χ3v) is 3.73. The van der Waals surface area contributed by atoms with Crippen LogP contribution in [0.3, 0.4) is 0 Å². The summed E-state index contributed by atoms with van der Waals surface area (Å²) in [4.78, 5) is 16.9. The molecule has 0 saturated heterocycles. The second-order valence-electron chi connectivity index (χ2n) is 3.98. The number of methoxy groups -OCH3 is 1. The van der Waals surface area contributed by atoms with Crippen LogP contribution in [0.4, 0.5) is 5.69 Å². The highest BCUT2D eigenvalue weighted by Crippen LogP contribution is 2.26. The minimum Gasteiger partial charge on any atom is -0.495 e. The molecule has 2 aromatic rings. The monoisotopic (exact) mass is 307 g/mol. The van der Waals surface area contributed by atoms with Crippen molar-refractivity contribution in [3.63, 3.8) is 0 Å². The summed E-state index contributed by atoms with van der Waals surface area (Å²) in [6.45, 7) is 1.85. The topological polar surface area (TPSA) is 77.2 Å². The Kier molecular flexibility index (Phi) is 4.31. The number of hydrogen-bond donors (Lipinski definition) is 2. The van der Waals surface area contributed by atoms with E-state index in [1.165, 1.54) is 18.4 Å². The Morgan fingerprint density at radius 1 is 1.50 bits per heavy atom. The first-order valence-corrected chi connectivity index (χ1v) is 6.95. The van der Waals surface area contributed by atoms with E-state index in [1.54, 1.807) is 24.4 Å². The SMILES string of the molecule is COc1cc(C(N)=S)ccc1NC(=O)c1cnc(C)s1. The minimum absolute atomic E-state index is 0.225. The molecule has 2 rings (SSSR count). The van der Waals surface area contributed by atoms with Crippen LogP contribution in [0.5, 0.6) is 5.75 Å². The molecule has 0 aliphatic carbocycles. The van der Waals surface area contributed by atoms with E-state index in [2.05, 4.69) is 10.3 Å². The number of nitrogens with one attached hydrogen (secondary N) is 1. The largest absolute Gasteiger partial charge is 0.495 e. The normalized spacial score (nSPS) is 10.1. The van der Waals surface area contributed by atoms with Gasteiger partial charge >= 0.3 is 0 Å². The summed E-state index contributed by atoms with van der Waals surface area (Å²) in [5.74, 6) is 0.280. The highest BCUT2D eigenvalue weighted by Gasteiger charge is 2.13. The summed E-state index contributed by atoms with van der Waals surface area (Å²) in [6.07, 6.45) is 1.55. The predicted molar refractivity (Wildman–Crippen MR) is 83.7 cm³/mol. The lowest BCUT2D eigenvalue weighted by Crippen LogP contribution is -2.13. The summed E-state index contributed by atoms with van der Waals surface area (Å²) in [7, 11) is 1.52. The number of nitrogens with two attached hydrogens (primary N) is 1. The first kappa shape index (κ1) is 14.4. The summed E-state index contributed by atoms with van der Waals surface area (Å²) in [5.41, 5.74) is 6.81. The van der Waals surface area contributed by atoms with Crippen molar-refractivity contribution >= 4 is 40.1 Å². The third kappa shape index (κ3) is 3.12. The highest BCUT2D eigenvalue weighted by atomic mass is 32.1. The molecule has 0 atom stereocenters. The molecule has 3 N–H and O–H groups in total. The first-order valence-electron chi connectivity index (χ1n) is 5.73. The standard InChI is InChI=1S/C13H13N3O2S2/c1-7-15-6-11(20-7)13(17)16-9-4-3-8(12(14)19)5-10(9)18-2/h3-6H,1-2H3,(H2,14,19)(H,16,17). The van der Waals surface area contributed by atoms with Gasteiger partial charge in [0.05, 0.1) is 24.0 Å². The molecule has 1 aromatic heterocycles. The van der Waals surface area contributed by atoms with Crippen molar-refractivity contribution in [3.05, 3.63) is 39.8 Å². The number of anilines is 1. The lowest BCUT2D eigenvalue weighted by atomic mass is 10.2. The van der Waals surface area contributed by atoms with Crippen LogP contribution in [0.1, 0.15) is 20.2 Å². The Bertz CT molecular complexity index is 667. The fourth-order valence-electron chi connectivity index (χ4n) is 1.60. The Hall–Kier alpha value is -1.99. The van der Waals surface area contributed by atoms with Crippen molar-refractivity contribution < 1.29 is 9.53 Å². The number of amides is 1. The van der Waals surface area contributed by atoms with Crippen LogP contribution in [0.15, 0.2) is 24.4 Å². The molecule has 0 spiro atoms. The van der Waals surface area contributed by atoms with E-state index < -0.39 is 0 Å². The zero-order chi connectivity index (χ0) is 14.7. The van der Waals surface area contributed by atoms with Gasteiger partial charge < -0.3 is 15.8 Å². The molecule has 0 unspecified atom stereocenters. The lowest BCUT2D eigenvalue weighted by Gasteiger charge is -2.10. The number of aromatic nitrogens is 1. The van der Waals surface area contributed by atoms with Crippen molar-refractivity contribution in [3.8, 4) is 5.75 Å². The number of thiazole rings is 1. The number of nitrogens with zero attached hydrogens (tertiary/aromatic N) is 1. The predicted octanol–water partition coefficient (Wildman–Crippen LogP) is 2.35. The zero-order valence-electron chi connectivity index (χ0n) is 11.0. The van der Waals surface area contributed by atoms with Gasteiger partial charge in [-0.25, -0.2) is 4.98 Å². The van der Waals surface area contributed by atoms with Crippen molar-refractivity contribution in [2.75, 3.05) is 12.4 Å². The van der Waals surface area contributed by atoms with Crippen molar-refractivity contribution in [2.24, 2.45) is 5.73 Å². The van der Waals surface area contributed by atoms with E-state index in [1.807, 2.05) is 6.92 Å². The van der Waals surface area contributed by atoms with Crippen LogP contribution in [0.2, 0.25) is 0 Å². The van der Waals surface area contributed by atoms with Gasteiger partial charge in [-0.3, -0.25) is 4.79 Å². The maximum atomic E-state index is 12.1. The molecule has 20 heavy (non-hydrogen) atoms. The average Bonchev–Trinajstić information content (AvgIpc) is 2.85. The second kappa shape index (κ2) is 5.98. The number of carbonyl (C=O) groups is 1. The molecule has 0 bridgehead atoms. The van der Waals surface area contributed by atoms with Crippen LogP contribution < -0.4 is 15.8 Å². The van der Waals surface area contributed by atoms with E-state index in [4.69, 9.17) is 22.7 Å². The van der Waals surface area contributed by atoms with Gasteiger partial charge in [-0.1, -0.05) is 12.2 Å². The molecule has 0 aliphatic rings. The molecular formula is C13H13N3O2S2. The lowest BCUT2D eigenvalue weighted by molar-refractivity contribution is 0.103. The molecule has 104 valence electrons. The van der Waals surface area contributed by atoms with Gasteiger partial charge in [0.1, 0.15) is 15.6 Å². The maximum absolute atomic E-state index is 12.1. The number of ether oxygens (including phenoxy) is 1. The fraction of sp³-hybridized carbons (Fsp3) is 0.154. The second-order valence-corrected chi connectivity index (χ2v) is 5.65.